The van der Waals surface area contributed by atoms with Gasteiger partial charge in [0.1, 0.15) is 17.2 Å². The van der Waals surface area contributed by atoms with Crippen molar-refractivity contribution in [2.45, 2.75) is 104 Å². The van der Waals surface area contributed by atoms with Crippen LogP contribution in [0, 0.1) is 0 Å². The van der Waals surface area contributed by atoms with Gasteiger partial charge in [0.2, 0.25) is 5.91 Å². The third kappa shape index (κ3) is 10.4. The Bertz CT molecular complexity index is 1620. The maximum absolute atomic E-state index is 13.2. The van der Waals surface area contributed by atoms with E-state index in [0.29, 0.717) is 38.3 Å². The second-order valence-electron chi connectivity index (χ2n) is 15.2. The zero-order valence-corrected chi connectivity index (χ0v) is 30.4. The van der Waals surface area contributed by atoms with Gasteiger partial charge in [-0.15, -0.1) is 0 Å². The van der Waals surface area contributed by atoms with E-state index in [-0.39, 0.29) is 18.0 Å². The van der Waals surface area contributed by atoms with Crippen molar-refractivity contribution in [3.63, 3.8) is 0 Å². The Morgan fingerprint density at radius 1 is 0.740 bits per heavy atom. The van der Waals surface area contributed by atoms with E-state index >= 15 is 0 Å². The van der Waals surface area contributed by atoms with Gasteiger partial charge in [-0.25, -0.2) is 9.59 Å². The van der Waals surface area contributed by atoms with Gasteiger partial charge in [-0.1, -0.05) is 66.7 Å². The molecule has 3 amide bonds. The van der Waals surface area contributed by atoms with E-state index < -0.39 is 23.3 Å². The number of hydrogen-bond donors (Lipinski definition) is 1. The van der Waals surface area contributed by atoms with Crippen LogP contribution in [0.1, 0.15) is 83.9 Å². The summed E-state index contributed by atoms with van der Waals surface area (Å²) in [5.74, 6) is -0.200. The molecule has 0 saturated carbocycles. The average Bonchev–Trinajstić information content (AvgIpc) is 3.75. The van der Waals surface area contributed by atoms with Gasteiger partial charge in [0.05, 0.1) is 6.04 Å². The fourth-order valence-corrected chi connectivity index (χ4v) is 6.31. The van der Waals surface area contributed by atoms with Gasteiger partial charge in [0.15, 0.2) is 0 Å². The van der Waals surface area contributed by atoms with Crippen molar-refractivity contribution in [2.75, 3.05) is 23.3 Å². The standard InChI is InChI=1S/C41H52N4O5/c1-40(2,3)49-38(47)44-26-10-14-35(44)25-22-30-16-18-31(19-17-30)28-43(34-12-8-7-9-13-34)29-32-20-23-33(24-21-32)42-37(46)36-15-11-27-45(36)39(48)50-41(4,5)6/h7-9,12-13,16-25,35-36H,10-11,14-15,26-29H2,1-6H3,(H,42,46)/b25-22+/t35-,36-/m0/s1. The molecule has 2 fully saturated rings. The molecule has 266 valence electrons. The van der Waals surface area contributed by atoms with E-state index in [4.69, 9.17) is 9.47 Å². The number of likely N-dealkylation sites (tertiary alicyclic amines) is 2. The fraction of sp³-hybridized carbons (Fsp3) is 0.439. The summed E-state index contributed by atoms with van der Waals surface area (Å²) in [6, 6.07) is 26.2. The lowest BCUT2D eigenvalue weighted by Crippen LogP contribution is -2.45. The second-order valence-corrected chi connectivity index (χ2v) is 15.2. The van der Waals surface area contributed by atoms with Crippen LogP contribution in [-0.2, 0) is 27.4 Å². The molecule has 2 heterocycles. The van der Waals surface area contributed by atoms with Crippen molar-refractivity contribution in [3.8, 4) is 0 Å². The predicted molar refractivity (Wildman–Crippen MR) is 199 cm³/mol. The molecule has 50 heavy (non-hydrogen) atoms. The largest absolute Gasteiger partial charge is 0.444 e. The normalized spacial score (nSPS) is 18.0. The Kier molecular flexibility index (Phi) is 11.6. The van der Waals surface area contributed by atoms with Crippen molar-refractivity contribution in [1.82, 2.24) is 9.80 Å². The molecule has 0 aliphatic carbocycles. The number of ether oxygens (including phenoxy) is 2. The van der Waals surface area contributed by atoms with E-state index in [2.05, 4.69) is 58.8 Å². The molecule has 0 bridgehead atoms. The smallest absolute Gasteiger partial charge is 0.410 e. The minimum atomic E-state index is -0.617. The predicted octanol–water partition coefficient (Wildman–Crippen LogP) is 8.64. The molecule has 5 rings (SSSR count). The molecule has 9 nitrogen and oxygen atoms in total. The van der Waals surface area contributed by atoms with Crippen LogP contribution in [0.2, 0.25) is 0 Å². The zero-order valence-electron chi connectivity index (χ0n) is 30.4. The number of nitrogens with zero attached hydrogens (tertiary/aromatic N) is 3. The highest BCUT2D eigenvalue weighted by Crippen LogP contribution is 2.26. The topological polar surface area (TPSA) is 91.4 Å². The highest BCUT2D eigenvalue weighted by atomic mass is 16.6. The molecule has 2 saturated heterocycles. The summed E-state index contributed by atoms with van der Waals surface area (Å²) >= 11 is 0. The first-order chi connectivity index (χ1) is 23.7. The lowest BCUT2D eigenvalue weighted by atomic mass is 10.1. The summed E-state index contributed by atoms with van der Waals surface area (Å²) in [5.41, 5.74) is 4.04. The molecule has 3 aromatic rings. The van der Waals surface area contributed by atoms with Gasteiger partial charge in [-0.05, 0) is 108 Å². The van der Waals surface area contributed by atoms with Crippen LogP contribution in [-0.4, -0.2) is 64.3 Å². The van der Waals surface area contributed by atoms with E-state index in [1.54, 1.807) is 0 Å². The fourth-order valence-electron chi connectivity index (χ4n) is 6.31. The number of rotatable bonds is 9. The molecule has 2 aliphatic heterocycles. The van der Waals surface area contributed by atoms with Gasteiger partial charge < -0.3 is 24.6 Å². The third-order valence-electron chi connectivity index (χ3n) is 8.69. The minimum absolute atomic E-state index is 0.0347. The summed E-state index contributed by atoms with van der Waals surface area (Å²) in [6.45, 7) is 13.8. The molecule has 2 atom stereocenters. The highest BCUT2D eigenvalue weighted by molar-refractivity contribution is 5.96. The maximum atomic E-state index is 13.2. The number of amides is 3. The van der Waals surface area contributed by atoms with Crippen molar-refractivity contribution >= 4 is 35.5 Å². The summed E-state index contributed by atoms with van der Waals surface area (Å²) < 4.78 is 11.1. The Morgan fingerprint density at radius 3 is 1.88 bits per heavy atom. The monoisotopic (exact) mass is 680 g/mol. The molecular formula is C41H52N4O5. The lowest BCUT2D eigenvalue weighted by Gasteiger charge is -2.28. The summed E-state index contributed by atoms with van der Waals surface area (Å²) in [7, 11) is 0. The van der Waals surface area contributed by atoms with Crippen LogP contribution in [0.5, 0.6) is 0 Å². The Labute approximate surface area is 297 Å². The summed E-state index contributed by atoms with van der Waals surface area (Å²) in [4.78, 5) is 44.2. The number of para-hydroxylation sites is 1. The van der Waals surface area contributed by atoms with Crippen LogP contribution in [0.25, 0.3) is 6.08 Å². The maximum Gasteiger partial charge on any atom is 0.410 e. The molecular weight excluding hydrogens is 628 g/mol. The van der Waals surface area contributed by atoms with E-state index in [9.17, 15) is 14.4 Å². The SMILES string of the molecule is CC(C)(C)OC(=O)N1CCC[C@H]1/C=C/c1ccc(CN(Cc2ccc(NC(=O)[C@@H]3CCCN3C(=O)OC(C)(C)C)cc2)c2ccccc2)cc1. The first kappa shape index (κ1) is 36.5. The van der Waals surface area contributed by atoms with Crippen LogP contribution in [0.4, 0.5) is 21.0 Å². The van der Waals surface area contributed by atoms with Gasteiger partial charge in [0.25, 0.3) is 0 Å². The van der Waals surface area contributed by atoms with Gasteiger partial charge >= 0.3 is 12.2 Å². The van der Waals surface area contributed by atoms with E-state index in [1.165, 1.54) is 10.5 Å². The van der Waals surface area contributed by atoms with Crippen molar-refractivity contribution < 1.29 is 23.9 Å². The first-order valence-electron chi connectivity index (χ1n) is 17.7. The molecule has 0 unspecified atom stereocenters. The number of hydrogen-bond acceptors (Lipinski definition) is 6. The lowest BCUT2D eigenvalue weighted by molar-refractivity contribution is -0.120. The summed E-state index contributed by atoms with van der Waals surface area (Å²) in [6.07, 6.45) is 6.77. The van der Waals surface area contributed by atoms with E-state index in [0.717, 1.165) is 36.1 Å². The Morgan fingerprint density at radius 2 is 1.28 bits per heavy atom. The molecule has 1 N–H and O–H groups in total. The van der Waals surface area contributed by atoms with E-state index in [1.807, 2.05) is 88.9 Å². The molecule has 3 aromatic carbocycles. The molecule has 0 aromatic heterocycles. The van der Waals surface area contributed by atoms with Crippen LogP contribution >= 0.6 is 0 Å². The van der Waals surface area contributed by atoms with Gasteiger partial charge in [0, 0.05) is 37.6 Å². The quantitative estimate of drug-likeness (QED) is 0.243. The Hall–Kier alpha value is -4.79. The Balaban J connectivity index is 1.20. The number of benzene rings is 3. The van der Waals surface area contributed by atoms with Crippen LogP contribution in [0.3, 0.4) is 0 Å². The number of carbonyl (C=O) groups is 3. The van der Waals surface area contributed by atoms with Crippen molar-refractivity contribution in [3.05, 3.63) is 102 Å². The van der Waals surface area contributed by atoms with Gasteiger partial charge in [-0.3, -0.25) is 9.69 Å². The van der Waals surface area contributed by atoms with Gasteiger partial charge in [-0.2, -0.15) is 0 Å². The molecule has 2 aliphatic rings. The number of nitrogens with one attached hydrogen (secondary N) is 1. The van der Waals surface area contributed by atoms with Crippen molar-refractivity contribution in [2.24, 2.45) is 0 Å². The number of anilines is 2. The van der Waals surface area contributed by atoms with Crippen LogP contribution in [0.15, 0.2) is 84.9 Å². The first-order valence-corrected chi connectivity index (χ1v) is 17.7. The van der Waals surface area contributed by atoms with Crippen LogP contribution < -0.4 is 10.2 Å². The molecule has 0 radical (unpaired) electrons. The minimum Gasteiger partial charge on any atom is -0.444 e. The second kappa shape index (κ2) is 15.8. The number of carbonyl (C=O) groups excluding carboxylic acids is 3. The molecule has 0 spiro atoms. The average molecular weight is 681 g/mol. The molecule has 9 heteroatoms. The zero-order chi connectivity index (χ0) is 35.9. The summed E-state index contributed by atoms with van der Waals surface area (Å²) in [5, 5.41) is 3.00. The highest BCUT2D eigenvalue weighted by Gasteiger charge is 2.36. The third-order valence-corrected chi connectivity index (χ3v) is 8.69. The van der Waals surface area contributed by atoms with Crippen molar-refractivity contribution in [1.29, 1.82) is 0 Å².